The zero-order valence-corrected chi connectivity index (χ0v) is 13.6. The molecule has 3 rings (SSSR count). The van der Waals surface area contributed by atoms with E-state index in [1.54, 1.807) is 43.3 Å². The van der Waals surface area contributed by atoms with Gasteiger partial charge in [0.25, 0.3) is 11.8 Å². The van der Waals surface area contributed by atoms with Gasteiger partial charge in [-0.3, -0.25) is 4.79 Å². The number of halogens is 1. The van der Waals surface area contributed by atoms with Gasteiger partial charge < -0.3 is 14.6 Å². The first-order valence-corrected chi connectivity index (χ1v) is 7.57. The van der Waals surface area contributed by atoms with Crippen LogP contribution in [0.3, 0.4) is 0 Å². The lowest BCUT2D eigenvalue weighted by atomic mass is 10.1. The molecule has 3 aromatic rings. The molecule has 0 fully saturated rings. The predicted molar refractivity (Wildman–Crippen MR) is 90.0 cm³/mol. The van der Waals surface area contributed by atoms with Crippen LogP contribution in [0.1, 0.15) is 5.82 Å². The van der Waals surface area contributed by atoms with Gasteiger partial charge in [-0.25, -0.2) is 0 Å². The topological polar surface area (TPSA) is 77.2 Å². The Morgan fingerprint density at radius 3 is 2.67 bits per heavy atom. The van der Waals surface area contributed by atoms with E-state index in [1.165, 1.54) is 0 Å². The average molecular weight is 344 g/mol. The molecule has 0 aliphatic heterocycles. The molecule has 24 heavy (non-hydrogen) atoms. The van der Waals surface area contributed by atoms with Crippen LogP contribution in [-0.2, 0) is 4.79 Å². The smallest absolute Gasteiger partial charge is 0.262 e. The largest absolute Gasteiger partial charge is 0.484 e. The number of rotatable bonds is 5. The van der Waals surface area contributed by atoms with Crippen LogP contribution >= 0.6 is 11.6 Å². The first-order valence-electron chi connectivity index (χ1n) is 7.20. The van der Waals surface area contributed by atoms with Crippen molar-refractivity contribution in [2.24, 2.45) is 0 Å². The molecule has 0 unspecified atom stereocenters. The van der Waals surface area contributed by atoms with E-state index in [2.05, 4.69) is 15.5 Å². The minimum Gasteiger partial charge on any atom is -0.484 e. The average Bonchev–Trinajstić information content (AvgIpc) is 3.01. The maximum atomic E-state index is 12.1. The lowest BCUT2D eigenvalue weighted by Gasteiger charge is -2.09. The number of para-hydroxylation sites is 1. The van der Waals surface area contributed by atoms with E-state index in [9.17, 15) is 4.79 Å². The molecule has 2 aromatic carbocycles. The molecule has 0 radical (unpaired) electrons. The van der Waals surface area contributed by atoms with Gasteiger partial charge in [-0.15, -0.1) is 0 Å². The van der Waals surface area contributed by atoms with Crippen LogP contribution in [0, 0.1) is 6.92 Å². The molecule has 1 heterocycles. The van der Waals surface area contributed by atoms with E-state index in [1.807, 2.05) is 12.1 Å². The Bertz CT molecular complexity index is 846. The van der Waals surface area contributed by atoms with E-state index in [-0.39, 0.29) is 12.5 Å². The Labute approximate surface area is 143 Å². The van der Waals surface area contributed by atoms with E-state index in [0.717, 1.165) is 0 Å². The third-order valence-electron chi connectivity index (χ3n) is 3.14. The summed E-state index contributed by atoms with van der Waals surface area (Å²) in [4.78, 5) is 16.3. The van der Waals surface area contributed by atoms with Gasteiger partial charge in [-0.05, 0) is 43.3 Å². The van der Waals surface area contributed by atoms with E-state index in [0.29, 0.717) is 33.7 Å². The maximum absolute atomic E-state index is 12.1. The Kier molecular flexibility index (Phi) is 4.77. The second-order valence-corrected chi connectivity index (χ2v) is 5.42. The Balaban J connectivity index is 1.67. The fourth-order valence-corrected chi connectivity index (χ4v) is 2.18. The summed E-state index contributed by atoms with van der Waals surface area (Å²) in [6.07, 6.45) is 0. The highest BCUT2D eigenvalue weighted by molar-refractivity contribution is 6.30. The fraction of sp³-hybridized carbons (Fsp3) is 0.118. The number of carbonyl (C=O) groups excluding carboxylic acids is 1. The van der Waals surface area contributed by atoms with Crippen LogP contribution in [0.15, 0.2) is 53.1 Å². The van der Waals surface area contributed by atoms with Crippen LogP contribution in [0.5, 0.6) is 5.75 Å². The summed E-state index contributed by atoms with van der Waals surface area (Å²) in [7, 11) is 0. The Morgan fingerprint density at radius 1 is 1.21 bits per heavy atom. The van der Waals surface area contributed by atoms with Crippen molar-refractivity contribution in [3.63, 3.8) is 0 Å². The van der Waals surface area contributed by atoms with Gasteiger partial charge in [-0.2, -0.15) is 4.98 Å². The zero-order valence-electron chi connectivity index (χ0n) is 12.8. The molecule has 0 aliphatic rings. The third-order valence-corrected chi connectivity index (χ3v) is 3.39. The molecule has 1 N–H and O–H groups in total. The SMILES string of the molecule is Cc1noc(-c2ccccc2NC(=O)COc2ccc(Cl)cc2)n1. The summed E-state index contributed by atoms with van der Waals surface area (Å²) >= 11 is 5.80. The number of anilines is 1. The van der Waals surface area contributed by atoms with E-state index in [4.69, 9.17) is 20.9 Å². The number of carbonyl (C=O) groups is 1. The summed E-state index contributed by atoms with van der Waals surface area (Å²) in [5.74, 6) is 1.14. The number of nitrogens with zero attached hydrogens (tertiary/aromatic N) is 2. The summed E-state index contributed by atoms with van der Waals surface area (Å²) in [6, 6.07) is 14.0. The monoisotopic (exact) mass is 343 g/mol. The number of aryl methyl sites for hydroxylation is 1. The van der Waals surface area contributed by atoms with Crippen LogP contribution < -0.4 is 10.1 Å². The van der Waals surface area contributed by atoms with Crippen molar-refractivity contribution in [3.05, 3.63) is 59.4 Å². The molecule has 0 saturated carbocycles. The Hall–Kier alpha value is -2.86. The van der Waals surface area contributed by atoms with Crippen molar-refractivity contribution < 1.29 is 14.1 Å². The van der Waals surface area contributed by atoms with Crippen molar-refractivity contribution in [1.82, 2.24) is 10.1 Å². The summed E-state index contributed by atoms with van der Waals surface area (Å²) in [5.41, 5.74) is 1.23. The molecular formula is C17H14ClN3O3. The number of ether oxygens (including phenoxy) is 1. The van der Waals surface area contributed by atoms with Gasteiger partial charge in [0.15, 0.2) is 12.4 Å². The highest BCUT2D eigenvalue weighted by Crippen LogP contribution is 2.26. The van der Waals surface area contributed by atoms with Crippen molar-refractivity contribution in [1.29, 1.82) is 0 Å². The minimum absolute atomic E-state index is 0.126. The molecule has 0 saturated heterocycles. The number of hydrogen-bond acceptors (Lipinski definition) is 5. The highest BCUT2D eigenvalue weighted by Gasteiger charge is 2.13. The molecule has 6 nitrogen and oxygen atoms in total. The van der Waals surface area contributed by atoms with Crippen LogP contribution in [0.25, 0.3) is 11.5 Å². The zero-order chi connectivity index (χ0) is 16.9. The van der Waals surface area contributed by atoms with Gasteiger partial charge >= 0.3 is 0 Å². The van der Waals surface area contributed by atoms with Crippen LogP contribution in [0.4, 0.5) is 5.69 Å². The lowest BCUT2D eigenvalue weighted by molar-refractivity contribution is -0.118. The summed E-state index contributed by atoms with van der Waals surface area (Å²) < 4.78 is 10.6. The van der Waals surface area contributed by atoms with E-state index < -0.39 is 0 Å². The number of amides is 1. The molecule has 7 heteroatoms. The third kappa shape index (κ3) is 3.91. The normalized spacial score (nSPS) is 10.4. The molecule has 1 aromatic heterocycles. The molecule has 0 atom stereocenters. The molecule has 1 amide bonds. The predicted octanol–water partition coefficient (Wildman–Crippen LogP) is 3.72. The van der Waals surface area contributed by atoms with Crippen LogP contribution in [-0.4, -0.2) is 22.7 Å². The van der Waals surface area contributed by atoms with Crippen molar-refractivity contribution in [3.8, 4) is 17.2 Å². The molecule has 0 spiro atoms. The van der Waals surface area contributed by atoms with Gasteiger partial charge in [-0.1, -0.05) is 28.9 Å². The van der Waals surface area contributed by atoms with E-state index >= 15 is 0 Å². The van der Waals surface area contributed by atoms with Crippen LogP contribution in [0.2, 0.25) is 5.02 Å². The summed E-state index contributed by atoms with van der Waals surface area (Å²) in [6.45, 7) is 1.60. The van der Waals surface area contributed by atoms with Crippen molar-refractivity contribution in [2.45, 2.75) is 6.92 Å². The summed E-state index contributed by atoms with van der Waals surface area (Å²) in [5, 5.41) is 7.15. The molecule has 122 valence electrons. The number of benzene rings is 2. The second kappa shape index (κ2) is 7.14. The standard InChI is InChI=1S/C17H14ClN3O3/c1-11-19-17(24-21-11)14-4-2-3-5-15(14)20-16(22)10-23-13-8-6-12(18)7-9-13/h2-9H,10H2,1H3,(H,20,22). The quantitative estimate of drug-likeness (QED) is 0.764. The van der Waals surface area contributed by atoms with Gasteiger partial charge in [0.2, 0.25) is 0 Å². The number of aromatic nitrogens is 2. The number of nitrogens with one attached hydrogen (secondary N) is 1. The van der Waals surface area contributed by atoms with Gasteiger partial charge in [0.1, 0.15) is 5.75 Å². The van der Waals surface area contributed by atoms with Gasteiger partial charge in [0, 0.05) is 5.02 Å². The fourth-order valence-electron chi connectivity index (χ4n) is 2.05. The minimum atomic E-state index is -0.298. The first-order chi connectivity index (χ1) is 11.6. The first kappa shape index (κ1) is 16.0. The second-order valence-electron chi connectivity index (χ2n) is 4.98. The Morgan fingerprint density at radius 2 is 1.96 bits per heavy atom. The van der Waals surface area contributed by atoms with Crippen molar-refractivity contribution >= 4 is 23.2 Å². The molecule has 0 bridgehead atoms. The highest BCUT2D eigenvalue weighted by atomic mass is 35.5. The molecular weight excluding hydrogens is 330 g/mol. The number of hydrogen-bond donors (Lipinski definition) is 1. The lowest BCUT2D eigenvalue weighted by Crippen LogP contribution is -2.20. The van der Waals surface area contributed by atoms with Gasteiger partial charge in [0.05, 0.1) is 11.3 Å². The van der Waals surface area contributed by atoms with Crippen molar-refractivity contribution in [2.75, 3.05) is 11.9 Å². The maximum Gasteiger partial charge on any atom is 0.262 e. The molecule has 0 aliphatic carbocycles.